The van der Waals surface area contributed by atoms with E-state index in [4.69, 9.17) is 16.0 Å². The molecule has 3 aromatic rings. The van der Waals surface area contributed by atoms with Gasteiger partial charge in [-0.2, -0.15) is 0 Å². The van der Waals surface area contributed by atoms with Gasteiger partial charge in [0.05, 0.1) is 6.20 Å². The van der Waals surface area contributed by atoms with Crippen LogP contribution in [-0.2, 0) is 6.54 Å². The molecule has 0 unspecified atom stereocenters. The number of carbonyl (C=O) groups excluding carboxylic acids is 1. The topological polar surface area (TPSA) is 86.7 Å². The quantitative estimate of drug-likeness (QED) is 0.681. The summed E-state index contributed by atoms with van der Waals surface area (Å²) in [7, 11) is 0. The first-order valence-corrected chi connectivity index (χ1v) is 6.06. The van der Waals surface area contributed by atoms with E-state index in [0.29, 0.717) is 23.1 Å². The average Bonchev–Trinajstić information content (AvgIpc) is 3.09. The van der Waals surface area contributed by atoms with E-state index in [1.165, 1.54) is 10.9 Å². The number of hydrogen-bond acceptors (Lipinski definition) is 6. The Morgan fingerprint density at radius 3 is 2.70 bits per heavy atom. The summed E-state index contributed by atoms with van der Waals surface area (Å²) in [6, 6.07) is 7.07. The van der Waals surface area contributed by atoms with Crippen LogP contribution in [0.1, 0.15) is 16.4 Å². The molecule has 20 heavy (non-hydrogen) atoms. The van der Waals surface area contributed by atoms with E-state index in [2.05, 4.69) is 20.5 Å². The Morgan fingerprint density at radius 2 is 2.00 bits per heavy atom. The van der Waals surface area contributed by atoms with Crippen molar-refractivity contribution in [1.29, 1.82) is 0 Å². The summed E-state index contributed by atoms with van der Waals surface area (Å²) in [4.78, 5) is 10.5. The lowest BCUT2D eigenvalue weighted by molar-refractivity contribution is 0.111. The average molecular weight is 290 g/mol. The molecule has 1 aromatic carbocycles. The zero-order valence-electron chi connectivity index (χ0n) is 10.1. The van der Waals surface area contributed by atoms with Crippen molar-refractivity contribution in [1.82, 2.24) is 25.2 Å². The third-order valence-corrected chi connectivity index (χ3v) is 2.78. The minimum atomic E-state index is 0.251. The molecule has 0 radical (unpaired) electrons. The van der Waals surface area contributed by atoms with Crippen LogP contribution >= 0.6 is 11.6 Å². The van der Waals surface area contributed by atoms with Crippen molar-refractivity contribution in [3.8, 4) is 11.5 Å². The van der Waals surface area contributed by atoms with Crippen LogP contribution in [0, 0.1) is 0 Å². The first kappa shape index (κ1) is 12.5. The van der Waals surface area contributed by atoms with Gasteiger partial charge >= 0.3 is 0 Å². The Labute approximate surface area is 118 Å². The maximum atomic E-state index is 10.5. The second-order valence-corrected chi connectivity index (χ2v) is 4.40. The lowest BCUT2D eigenvalue weighted by atomic mass is 10.2. The SMILES string of the molecule is O=Cc1cn(Cc2nnc(-c3ccc(Cl)cc3)o2)nn1. The van der Waals surface area contributed by atoms with Crippen LogP contribution in [-0.4, -0.2) is 31.5 Å². The summed E-state index contributed by atoms with van der Waals surface area (Å²) in [5.41, 5.74) is 1.03. The van der Waals surface area contributed by atoms with Crippen LogP contribution in [0.5, 0.6) is 0 Å². The number of nitrogens with zero attached hydrogens (tertiary/aromatic N) is 5. The molecule has 0 saturated heterocycles. The minimum Gasteiger partial charge on any atom is -0.419 e. The monoisotopic (exact) mass is 289 g/mol. The van der Waals surface area contributed by atoms with Crippen molar-refractivity contribution >= 4 is 17.9 Å². The third kappa shape index (κ3) is 2.57. The zero-order valence-corrected chi connectivity index (χ0v) is 10.9. The summed E-state index contributed by atoms with van der Waals surface area (Å²) in [6.45, 7) is 0.251. The van der Waals surface area contributed by atoms with Gasteiger partial charge in [-0.05, 0) is 24.3 Å². The van der Waals surface area contributed by atoms with Gasteiger partial charge in [-0.25, -0.2) is 4.68 Å². The highest BCUT2D eigenvalue weighted by Gasteiger charge is 2.10. The summed E-state index contributed by atoms with van der Waals surface area (Å²) in [5.74, 6) is 0.768. The molecule has 0 aliphatic heterocycles. The summed E-state index contributed by atoms with van der Waals surface area (Å²) in [6.07, 6.45) is 2.12. The van der Waals surface area contributed by atoms with Crippen LogP contribution in [0.25, 0.3) is 11.5 Å². The smallest absolute Gasteiger partial charge is 0.247 e. The van der Waals surface area contributed by atoms with Crippen LogP contribution < -0.4 is 0 Å². The molecule has 2 heterocycles. The number of benzene rings is 1. The van der Waals surface area contributed by atoms with E-state index in [-0.39, 0.29) is 12.2 Å². The van der Waals surface area contributed by atoms with Gasteiger partial charge in [0.1, 0.15) is 12.2 Å². The maximum absolute atomic E-state index is 10.5. The molecular weight excluding hydrogens is 282 g/mol. The van der Waals surface area contributed by atoms with Crippen molar-refractivity contribution < 1.29 is 9.21 Å². The molecule has 0 bridgehead atoms. The molecule has 2 aromatic heterocycles. The number of halogens is 1. The normalized spacial score (nSPS) is 10.7. The van der Waals surface area contributed by atoms with Crippen molar-refractivity contribution in [2.75, 3.05) is 0 Å². The largest absolute Gasteiger partial charge is 0.419 e. The van der Waals surface area contributed by atoms with E-state index in [0.717, 1.165) is 5.56 Å². The molecule has 0 aliphatic rings. The van der Waals surface area contributed by atoms with Gasteiger partial charge in [0.2, 0.25) is 11.8 Å². The van der Waals surface area contributed by atoms with Gasteiger partial charge in [-0.15, -0.1) is 15.3 Å². The van der Waals surface area contributed by atoms with Crippen LogP contribution in [0.2, 0.25) is 5.02 Å². The summed E-state index contributed by atoms with van der Waals surface area (Å²) >= 11 is 5.81. The van der Waals surface area contributed by atoms with Crippen molar-refractivity contribution in [3.05, 3.63) is 47.1 Å². The number of hydrogen-bond donors (Lipinski definition) is 0. The lowest BCUT2D eigenvalue weighted by Crippen LogP contribution is -2.00. The Kier molecular flexibility index (Phi) is 3.26. The fourth-order valence-electron chi connectivity index (χ4n) is 1.61. The van der Waals surface area contributed by atoms with E-state index in [1.54, 1.807) is 24.3 Å². The highest BCUT2D eigenvalue weighted by atomic mass is 35.5. The molecule has 8 heteroatoms. The molecular formula is C12H8ClN5O2. The fraction of sp³-hybridized carbons (Fsp3) is 0.0833. The molecule has 3 rings (SSSR count). The molecule has 0 aliphatic carbocycles. The maximum Gasteiger partial charge on any atom is 0.247 e. The summed E-state index contributed by atoms with van der Waals surface area (Å²) < 4.78 is 6.96. The molecule has 0 N–H and O–H groups in total. The van der Waals surface area contributed by atoms with Gasteiger partial charge in [-0.1, -0.05) is 16.8 Å². The third-order valence-electron chi connectivity index (χ3n) is 2.53. The van der Waals surface area contributed by atoms with E-state index in [1.807, 2.05) is 0 Å². The van der Waals surface area contributed by atoms with Crippen LogP contribution in [0.3, 0.4) is 0 Å². The first-order valence-electron chi connectivity index (χ1n) is 5.68. The molecule has 100 valence electrons. The molecule has 0 fully saturated rings. The number of rotatable bonds is 4. The molecule has 0 amide bonds. The second-order valence-electron chi connectivity index (χ2n) is 3.97. The van der Waals surface area contributed by atoms with Gasteiger partial charge < -0.3 is 4.42 Å². The Hall–Kier alpha value is -2.54. The minimum absolute atomic E-state index is 0.251. The second kappa shape index (κ2) is 5.22. The standard InChI is InChI=1S/C12H8ClN5O2/c13-9-3-1-8(2-4-9)12-16-15-11(20-12)6-18-5-10(7-19)14-17-18/h1-5,7H,6H2. The van der Waals surface area contributed by atoms with Gasteiger partial charge in [0.15, 0.2) is 6.29 Å². The van der Waals surface area contributed by atoms with Crippen LogP contribution in [0.4, 0.5) is 0 Å². The highest BCUT2D eigenvalue weighted by molar-refractivity contribution is 6.30. The number of carbonyl (C=O) groups is 1. The lowest BCUT2D eigenvalue weighted by Gasteiger charge is -1.95. The molecule has 0 saturated carbocycles. The van der Waals surface area contributed by atoms with E-state index in [9.17, 15) is 4.79 Å². The predicted octanol–water partition coefficient (Wildman–Crippen LogP) is 1.84. The molecule has 0 spiro atoms. The van der Waals surface area contributed by atoms with E-state index >= 15 is 0 Å². The fourth-order valence-corrected chi connectivity index (χ4v) is 1.74. The zero-order chi connectivity index (χ0) is 13.9. The Bertz CT molecular complexity index is 734. The van der Waals surface area contributed by atoms with Crippen molar-refractivity contribution in [2.45, 2.75) is 6.54 Å². The predicted molar refractivity (Wildman–Crippen MR) is 69.3 cm³/mol. The van der Waals surface area contributed by atoms with Crippen LogP contribution in [0.15, 0.2) is 34.9 Å². The summed E-state index contributed by atoms with van der Waals surface area (Å²) in [5, 5.41) is 15.9. The number of aldehydes is 1. The van der Waals surface area contributed by atoms with Crippen molar-refractivity contribution in [3.63, 3.8) is 0 Å². The first-order chi connectivity index (χ1) is 9.74. The highest BCUT2D eigenvalue weighted by Crippen LogP contribution is 2.20. The van der Waals surface area contributed by atoms with E-state index < -0.39 is 0 Å². The van der Waals surface area contributed by atoms with Gasteiger partial charge in [-0.3, -0.25) is 4.79 Å². The van der Waals surface area contributed by atoms with Crippen molar-refractivity contribution in [2.24, 2.45) is 0 Å². The van der Waals surface area contributed by atoms with Gasteiger partial charge in [0, 0.05) is 10.6 Å². The Morgan fingerprint density at radius 1 is 1.20 bits per heavy atom. The van der Waals surface area contributed by atoms with Gasteiger partial charge in [0.25, 0.3) is 0 Å². The molecule has 7 nitrogen and oxygen atoms in total. The molecule has 0 atom stereocenters. The number of aromatic nitrogens is 5. The Balaban J connectivity index is 1.79.